The van der Waals surface area contributed by atoms with Crippen LogP contribution in [0.5, 0.6) is 5.75 Å². The predicted molar refractivity (Wildman–Crippen MR) is 114 cm³/mol. The van der Waals surface area contributed by atoms with E-state index in [1.54, 1.807) is 42.5 Å². The van der Waals surface area contributed by atoms with E-state index in [-0.39, 0.29) is 23.9 Å². The third kappa shape index (κ3) is 6.09. The first-order chi connectivity index (χ1) is 13.7. The molecular formula is C22H25NO5S. The molecule has 0 spiro atoms. The molecule has 0 radical (unpaired) electrons. The molecule has 6 nitrogen and oxygen atoms in total. The van der Waals surface area contributed by atoms with Crippen molar-refractivity contribution in [3.05, 3.63) is 53.6 Å². The van der Waals surface area contributed by atoms with Crippen LogP contribution in [-0.4, -0.2) is 37.6 Å². The highest BCUT2D eigenvalue weighted by atomic mass is 32.2. The van der Waals surface area contributed by atoms with E-state index in [1.165, 1.54) is 18.9 Å². The number of nitrogens with one attached hydrogen (secondary N) is 1. The molecule has 0 heterocycles. The van der Waals surface area contributed by atoms with E-state index in [0.29, 0.717) is 17.0 Å². The normalized spacial score (nSPS) is 10.9. The average molecular weight is 416 g/mol. The molecule has 1 N–H and O–H groups in total. The Bertz CT molecular complexity index is 900. The lowest BCUT2D eigenvalue weighted by Crippen LogP contribution is -2.27. The third-order valence-electron chi connectivity index (χ3n) is 4.11. The van der Waals surface area contributed by atoms with Crippen molar-refractivity contribution >= 4 is 35.1 Å². The summed E-state index contributed by atoms with van der Waals surface area (Å²) in [4.78, 5) is 37.6. The first-order valence-electron chi connectivity index (χ1n) is 8.99. The molecule has 2 rings (SSSR count). The Kier molecular flexibility index (Phi) is 7.45. The molecular weight excluding hydrogens is 390 g/mol. The summed E-state index contributed by atoms with van der Waals surface area (Å²) < 4.78 is 10.4. The molecule has 154 valence electrons. The number of esters is 1. The lowest BCUT2D eigenvalue weighted by Gasteiger charge is -2.17. The van der Waals surface area contributed by atoms with Gasteiger partial charge in [0, 0.05) is 21.6 Å². The van der Waals surface area contributed by atoms with E-state index in [9.17, 15) is 14.4 Å². The third-order valence-corrected chi connectivity index (χ3v) is 4.83. The topological polar surface area (TPSA) is 81.7 Å². The van der Waals surface area contributed by atoms with Crippen molar-refractivity contribution in [3.63, 3.8) is 0 Å². The molecule has 0 saturated carbocycles. The van der Waals surface area contributed by atoms with Gasteiger partial charge in [-0.25, -0.2) is 4.79 Å². The lowest BCUT2D eigenvalue weighted by atomic mass is 9.95. The van der Waals surface area contributed by atoms with Crippen molar-refractivity contribution in [1.82, 2.24) is 0 Å². The van der Waals surface area contributed by atoms with Crippen molar-refractivity contribution in [2.45, 2.75) is 25.7 Å². The number of methoxy groups -OCH3 is 1. The number of Topliss-reactive ketones (excluding diaryl/α,β-unsaturated/α-hetero) is 1. The van der Waals surface area contributed by atoms with Gasteiger partial charge in [-0.05, 0) is 48.7 Å². The molecule has 0 unspecified atom stereocenters. The smallest absolute Gasteiger partial charge is 0.342 e. The van der Waals surface area contributed by atoms with Crippen LogP contribution in [0.4, 0.5) is 5.69 Å². The highest BCUT2D eigenvalue weighted by Gasteiger charge is 2.21. The molecule has 0 aliphatic rings. The van der Waals surface area contributed by atoms with Gasteiger partial charge in [0.1, 0.15) is 11.3 Å². The van der Waals surface area contributed by atoms with Crippen molar-refractivity contribution in [2.24, 2.45) is 5.41 Å². The van der Waals surface area contributed by atoms with Gasteiger partial charge >= 0.3 is 5.97 Å². The van der Waals surface area contributed by atoms with Gasteiger partial charge < -0.3 is 14.8 Å². The second kappa shape index (κ2) is 9.60. The number of hydrogen-bond acceptors (Lipinski definition) is 6. The second-order valence-corrected chi connectivity index (χ2v) is 8.23. The molecule has 1 amide bonds. The molecule has 2 aromatic carbocycles. The fourth-order valence-electron chi connectivity index (χ4n) is 2.32. The van der Waals surface area contributed by atoms with Gasteiger partial charge in [-0.1, -0.05) is 20.8 Å². The van der Waals surface area contributed by atoms with Gasteiger partial charge in [0.05, 0.1) is 7.11 Å². The van der Waals surface area contributed by atoms with Crippen LogP contribution in [0.2, 0.25) is 0 Å². The molecule has 0 aromatic heterocycles. The van der Waals surface area contributed by atoms with E-state index in [4.69, 9.17) is 9.47 Å². The molecule has 0 saturated heterocycles. The molecule has 0 bridgehead atoms. The minimum absolute atomic E-state index is 0.119. The molecule has 0 aliphatic carbocycles. The highest BCUT2D eigenvalue weighted by Crippen LogP contribution is 2.26. The lowest BCUT2D eigenvalue weighted by molar-refractivity contribution is -0.123. The van der Waals surface area contributed by atoms with E-state index in [2.05, 4.69) is 5.32 Å². The van der Waals surface area contributed by atoms with Crippen LogP contribution in [-0.2, 0) is 9.53 Å². The summed E-state index contributed by atoms with van der Waals surface area (Å²) in [5.74, 6) is -0.691. The monoisotopic (exact) mass is 415 g/mol. The number of ketones is 1. The number of carbonyl (C=O) groups excluding carboxylic acids is 3. The zero-order chi connectivity index (χ0) is 21.6. The fraction of sp³-hybridized carbons (Fsp3) is 0.318. The molecule has 0 fully saturated rings. The molecule has 0 aliphatic heterocycles. The van der Waals surface area contributed by atoms with Crippen LogP contribution in [0.3, 0.4) is 0 Å². The Morgan fingerprint density at radius 2 is 1.69 bits per heavy atom. The van der Waals surface area contributed by atoms with E-state index < -0.39 is 11.4 Å². The first kappa shape index (κ1) is 22.5. The highest BCUT2D eigenvalue weighted by molar-refractivity contribution is 7.98. The predicted octanol–water partition coefficient (Wildman–Crippen LogP) is 4.44. The van der Waals surface area contributed by atoms with Crippen LogP contribution >= 0.6 is 11.8 Å². The van der Waals surface area contributed by atoms with Crippen molar-refractivity contribution in [2.75, 3.05) is 25.3 Å². The van der Waals surface area contributed by atoms with Gasteiger partial charge in [0.15, 0.2) is 12.4 Å². The van der Waals surface area contributed by atoms with Crippen molar-refractivity contribution < 1.29 is 23.9 Å². The number of rotatable bonds is 7. The summed E-state index contributed by atoms with van der Waals surface area (Å²) in [6.45, 7) is 5.06. The Morgan fingerprint density at radius 3 is 2.24 bits per heavy atom. The molecule has 2 aromatic rings. The van der Waals surface area contributed by atoms with Gasteiger partial charge in [-0.2, -0.15) is 0 Å². The van der Waals surface area contributed by atoms with Gasteiger partial charge in [-0.15, -0.1) is 11.8 Å². The average Bonchev–Trinajstić information content (AvgIpc) is 2.71. The van der Waals surface area contributed by atoms with Gasteiger partial charge in [0.2, 0.25) is 5.91 Å². The summed E-state index contributed by atoms with van der Waals surface area (Å²) in [5.41, 5.74) is 0.726. The van der Waals surface area contributed by atoms with Crippen LogP contribution in [0.25, 0.3) is 0 Å². The number of carbonyl (C=O) groups is 3. The van der Waals surface area contributed by atoms with Gasteiger partial charge in [-0.3, -0.25) is 9.59 Å². The first-order valence-corrected chi connectivity index (χ1v) is 10.2. The summed E-state index contributed by atoms with van der Waals surface area (Å²) >= 11 is 1.53. The molecule has 0 atom stereocenters. The standard InChI is InChI=1S/C22H25NO5S/c1-22(2,3)21(26)23-15-8-6-14(7-9-15)18(24)13-28-20(25)17-11-10-16(29-5)12-19(17)27-4/h6-12H,13H2,1-5H3,(H,23,26). The number of thioether (sulfide) groups is 1. The van der Waals surface area contributed by atoms with Gasteiger partial charge in [0.25, 0.3) is 0 Å². The summed E-state index contributed by atoms with van der Waals surface area (Å²) in [5, 5.41) is 2.79. The second-order valence-electron chi connectivity index (χ2n) is 7.35. The maximum atomic E-state index is 12.3. The van der Waals surface area contributed by atoms with E-state index >= 15 is 0 Å². The number of amides is 1. The van der Waals surface area contributed by atoms with Crippen molar-refractivity contribution in [1.29, 1.82) is 0 Å². The Balaban J connectivity index is 1.99. The fourth-order valence-corrected chi connectivity index (χ4v) is 2.75. The number of hydrogen-bond donors (Lipinski definition) is 1. The number of anilines is 1. The Hall–Kier alpha value is -2.80. The Morgan fingerprint density at radius 1 is 1.03 bits per heavy atom. The molecule has 7 heteroatoms. The maximum absolute atomic E-state index is 12.3. The van der Waals surface area contributed by atoms with Crippen LogP contribution in [0.15, 0.2) is 47.4 Å². The van der Waals surface area contributed by atoms with Crippen LogP contribution in [0, 0.1) is 5.41 Å². The van der Waals surface area contributed by atoms with E-state index in [1.807, 2.05) is 27.0 Å². The van der Waals surface area contributed by atoms with E-state index in [0.717, 1.165) is 4.90 Å². The summed E-state index contributed by atoms with van der Waals surface area (Å²) in [6, 6.07) is 11.6. The largest absolute Gasteiger partial charge is 0.496 e. The van der Waals surface area contributed by atoms with Crippen LogP contribution in [0.1, 0.15) is 41.5 Å². The minimum atomic E-state index is -0.628. The number of benzene rings is 2. The SMILES string of the molecule is COc1cc(SC)ccc1C(=O)OCC(=O)c1ccc(NC(=O)C(C)(C)C)cc1. The number of ether oxygens (including phenoxy) is 2. The Labute approximate surface area is 175 Å². The summed E-state index contributed by atoms with van der Waals surface area (Å²) in [7, 11) is 1.47. The maximum Gasteiger partial charge on any atom is 0.342 e. The zero-order valence-electron chi connectivity index (χ0n) is 17.2. The molecule has 29 heavy (non-hydrogen) atoms. The quantitative estimate of drug-likeness (QED) is 0.409. The van der Waals surface area contributed by atoms with Crippen molar-refractivity contribution in [3.8, 4) is 5.75 Å². The minimum Gasteiger partial charge on any atom is -0.496 e. The zero-order valence-corrected chi connectivity index (χ0v) is 18.0. The van der Waals surface area contributed by atoms with Crippen LogP contribution < -0.4 is 10.1 Å². The summed E-state index contributed by atoms with van der Waals surface area (Å²) in [6.07, 6.45) is 1.92.